The molecule has 4 rings (SSSR count). The number of hydrogen-bond acceptors (Lipinski definition) is 5. The number of carbonyl (C=O) groups is 1. The maximum atomic E-state index is 12.5. The van der Waals surface area contributed by atoms with Crippen LogP contribution in [0.4, 0.5) is 5.69 Å². The summed E-state index contributed by atoms with van der Waals surface area (Å²) in [5, 5.41) is 12.4. The first-order valence-corrected chi connectivity index (χ1v) is 10.4. The largest absolute Gasteiger partial charge is 0.325 e. The Balaban J connectivity index is 1.54. The molecule has 2 aromatic carbocycles. The molecule has 8 heteroatoms. The summed E-state index contributed by atoms with van der Waals surface area (Å²) in [5.74, 6) is 0.515. The van der Waals surface area contributed by atoms with Crippen LogP contribution < -0.4 is 10.9 Å². The summed E-state index contributed by atoms with van der Waals surface area (Å²) >= 11 is 1.29. The van der Waals surface area contributed by atoms with Crippen LogP contribution in [-0.4, -0.2) is 30.8 Å². The van der Waals surface area contributed by atoms with Crippen LogP contribution in [0.15, 0.2) is 58.5 Å². The van der Waals surface area contributed by atoms with Crippen LogP contribution in [0.2, 0.25) is 0 Å². The second-order valence-electron chi connectivity index (χ2n) is 6.78. The van der Waals surface area contributed by atoms with Crippen molar-refractivity contribution in [1.29, 1.82) is 0 Å². The summed E-state index contributed by atoms with van der Waals surface area (Å²) in [6.07, 6.45) is 2.12. The molecular weight excluding hydrogens is 386 g/mol. The van der Waals surface area contributed by atoms with Gasteiger partial charge in [0.15, 0.2) is 5.16 Å². The molecule has 0 radical (unpaired) electrons. The number of benzene rings is 2. The monoisotopic (exact) mass is 407 g/mol. The maximum absolute atomic E-state index is 12.5. The van der Waals surface area contributed by atoms with Crippen molar-refractivity contribution >= 4 is 40.0 Å². The first-order valence-electron chi connectivity index (χ1n) is 9.43. The van der Waals surface area contributed by atoms with Gasteiger partial charge in [-0.3, -0.25) is 18.6 Å². The standard InChI is InChI=1S/C21H21N5O2S/c1-3-6-14-9-11-15(12-10-14)22-18(27)13-29-21-24-23-20-25(2)19(28)16-7-4-5-8-17(16)26(20)21/h4-5,7-12H,3,6,13H2,1-2H3,(H,22,27). The number of aromatic nitrogens is 4. The van der Waals surface area contributed by atoms with Crippen LogP contribution in [0.3, 0.4) is 0 Å². The molecule has 0 atom stereocenters. The van der Waals surface area contributed by atoms with Gasteiger partial charge in [0, 0.05) is 12.7 Å². The number of rotatable bonds is 6. The van der Waals surface area contributed by atoms with Crippen LogP contribution in [0, 0.1) is 0 Å². The van der Waals surface area contributed by atoms with E-state index in [9.17, 15) is 9.59 Å². The lowest BCUT2D eigenvalue weighted by atomic mass is 10.1. The molecule has 0 saturated carbocycles. The van der Waals surface area contributed by atoms with E-state index in [1.54, 1.807) is 13.1 Å². The molecule has 0 spiro atoms. The highest BCUT2D eigenvalue weighted by atomic mass is 32.2. The van der Waals surface area contributed by atoms with Crippen LogP contribution in [0.5, 0.6) is 0 Å². The topological polar surface area (TPSA) is 81.3 Å². The van der Waals surface area contributed by atoms with E-state index in [0.717, 1.165) is 24.0 Å². The smallest absolute Gasteiger partial charge is 0.262 e. The van der Waals surface area contributed by atoms with Gasteiger partial charge in [0.05, 0.1) is 16.7 Å². The van der Waals surface area contributed by atoms with Gasteiger partial charge < -0.3 is 5.32 Å². The molecule has 0 bridgehead atoms. The number of hydrogen-bond donors (Lipinski definition) is 1. The summed E-state index contributed by atoms with van der Waals surface area (Å²) in [4.78, 5) is 24.9. The van der Waals surface area contributed by atoms with Gasteiger partial charge in [0.2, 0.25) is 11.7 Å². The Labute approximate surface area is 171 Å². The second kappa shape index (κ2) is 8.08. The van der Waals surface area contributed by atoms with E-state index in [2.05, 4.69) is 22.4 Å². The Kier molecular flexibility index (Phi) is 5.35. The third-order valence-corrected chi connectivity index (χ3v) is 5.63. The van der Waals surface area contributed by atoms with Gasteiger partial charge in [0.1, 0.15) is 0 Å². The van der Waals surface area contributed by atoms with Crippen molar-refractivity contribution in [3.05, 3.63) is 64.4 Å². The molecule has 7 nitrogen and oxygen atoms in total. The molecule has 29 heavy (non-hydrogen) atoms. The molecule has 1 amide bonds. The van der Waals surface area contributed by atoms with Gasteiger partial charge in [-0.25, -0.2) is 0 Å². The first kappa shape index (κ1) is 19.2. The Hall–Kier alpha value is -3.13. The minimum atomic E-state index is -0.124. The van der Waals surface area contributed by atoms with Gasteiger partial charge in [-0.15, -0.1) is 10.2 Å². The zero-order valence-corrected chi connectivity index (χ0v) is 17.1. The van der Waals surface area contributed by atoms with E-state index < -0.39 is 0 Å². The van der Waals surface area contributed by atoms with Gasteiger partial charge in [-0.2, -0.15) is 0 Å². The molecule has 2 aromatic heterocycles. The Morgan fingerprint density at radius 3 is 2.62 bits per heavy atom. The Morgan fingerprint density at radius 1 is 1.10 bits per heavy atom. The third kappa shape index (κ3) is 3.75. The van der Waals surface area contributed by atoms with Gasteiger partial charge in [-0.05, 0) is 36.2 Å². The fourth-order valence-electron chi connectivity index (χ4n) is 3.28. The van der Waals surface area contributed by atoms with Gasteiger partial charge in [-0.1, -0.05) is 49.4 Å². The highest BCUT2D eigenvalue weighted by Gasteiger charge is 2.16. The lowest BCUT2D eigenvalue weighted by molar-refractivity contribution is -0.113. The number of anilines is 1. The van der Waals surface area contributed by atoms with Crippen LogP contribution in [-0.2, 0) is 18.3 Å². The highest BCUT2D eigenvalue weighted by Crippen LogP contribution is 2.21. The number of nitrogens with one attached hydrogen (secondary N) is 1. The molecule has 4 aromatic rings. The first-order chi connectivity index (χ1) is 14.1. The van der Waals surface area contributed by atoms with E-state index in [1.807, 2.05) is 46.9 Å². The van der Waals surface area contributed by atoms with Crippen molar-refractivity contribution in [2.45, 2.75) is 24.9 Å². The summed E-state index contributed by atoms with van der Waals surface area (Å²) in [6.45, 7) is 2.14. The lowest BCUT2D eigenvalue weighted by Gasteiger charge is -2.08. The second-order valence-corrected chi connectivity index (χ2v) is 7.73. The van der Waals surface area contributed by atoms with Gasteiger partial charge >= 0.3 is 0 Å². The van der Waals surface area contributed by atoms with E-state index in [4.69, 9.17) is 0 Å². The van der Waals surface area contributed by atoms with E-state index in [-0.39, 0.29) is 17.2 Å². The lowest BCUT2D eigenvalue weighted by Crippen LogP contribution is -2.20. The van der Waals surface area contributed by atoms with Gasteiger partial charge in [0.25, 0.3) is 5.56 Å². The number of fused-ring (bicyclic) bond motifs is 3. The number of carbonyl (C=O) groups excluding carboxylic acids is 1. The van der Waals surface area contributed by atoms with E-state index in [0.29, 0.717) is 16.3 Å². The normalized spacial score (nSPS) is 11.2. The molecule has 148 valence electrons. The van der Waals surface area contributed by atoms with Crippen molar-refractivity contribution in [1.82, 2.24) is 19.2 Å². The van der Waals surface area contributed by atoms with Crippen LogP contribution >= 0.6 is 11.8 Å². The van der Waals surface area contributed by atoms with Crippen molar-refractivity contribution in [2.75, 3.05) is 11.1 Å². The number of para-hydroxylation sites is 1. The summed E-state index contributed by atoms with van der Waals surface area (Å²) < 4.78 is 3.28. The molecule has 1 N–H and O–H groups in total. The zero-order chi connectivity index (χ0) is 20.4. The quantitative estimate of drug-likeness (QED) is 0.496. The predicted molar refractivity (Wildman–Crippen MR) is 116 cm³/mol. The fraction of sp³-hybridized carbons (Fsp3) is 0.238. The van der Waals surface area contributed by atoms with E-state index >= 15 is 0 Å². The molecular formula is C21H21N5O2S. The number of amides is 1. The number of thioether (sulfide) groups is 1. The van der Waals surface area contributed by atoms with Crippen molar-refractivity contribution in [3.8, 4) is 0 Å². The molecule has 0 unspecified atom stereocenters. The SMILES string of the molecule is CCCc1ccc(NC(=O)CSc2nnc3n(C)c(=O)c4ccccc4n23)cc1. The van der Waals surface area contributed by atoms with Crippen molar-refractivity contribution in [3.63, 3.8) is 0 Å². The van der Waals surface area contributed by atoms with Crippen molar-refractivity contribution in [2.24, 2.45) is 7.05 Å². The summed E-state index contributed by atoms with van der Waals surface area (Å²) in [7, 11) is 1.67. The average Bonchev–Trinajstić information content (AvgIpc) is 3.16. The van der Waals surface area contributed by atoms with Crippen LogP contribution in [0.1, 0.15) is 18.9 Å². The Bertz CT molecular complexity index is 1240. The molecule has 2 heterocycles. The van der Waals surface area contributed by atoms with Crippen LogP contribution in [0.25, 0.3) is 16.7 Å². The predicted octanol–water partition coefficient (Wildman–Crippen LogP) is 3.26. The van der Waals surface area contributed by atoms with E-state index in [1.165, 1.54) is 21.9 Å². The third-order valence-electron chi connectivity index (χ3n) is 4.71. The summed E-state index contributed by atoms with van der Waals surface area (Å²) in [6, 6.07) is 15.2. The van der Waals surface area contributed by atoms with Crippen molar-refractivity contribution < 1.29 is 4.79 Å². The fourth-order valence-corrected chi connectivity index (χ4v) is 4.02. The minimum Gasteiger partial charge on any atom is -0.325 e. The molecule has 0 aliphatic heterocycles. The zero-order valence-electron chi connectivity index (χ0n) is 16.3. The average molecular weight is 407 g/mol. The Morgan fingerprint density at radius 2 is 1.86 bits per heavy atom. The molecule has 0 fully saturated rings. The number of aryl methyl sites for hydroxylation is 2. The minimum absolute atomic E-state index is 0.121. The number of nitrogens with zero attached hydrogens (tertiary/aromatic N) is 4. The molecule has 0 saturated heterocycles. The highest BCUT2D eigenvalue weighted by molar-refractivity contribution is 7.99. The molecule has 0 aliphatic rings. The summed E-state index contributed by atoms with van der Waals surface area (Å²) in [5.41, 5.74) is 2.63. The maximum Gasteiger partial charge on any atom is 0.262 e. The molecule has 0 aliphatic carbocycles.